The van der Waals surface area contributed by atoms with Gasteiger partial charge in [0.1, 0.15) is 0 Å². The van der Waals surface area contributed by atoms with Crippen molar-refractivity contribution in [1.82, 2.24) is 4.90 Å². The number of rotatable bonds is 2. The normalized spacial score (nSPS) is 39.2. The van der Waals surface area contributed by atoms with Gasteiger partial charge in [-0.2, -0.15) is 0 Å². The standard InChI is InChI=1S/C14H27NO2/c1-11-9-15(6-7-17-11)10-12-8-14(2,3)5-4-13(12)16/h11-13,16H,4-10H2,1-3H3. The van der Waals surface area contributed by atoms with Crippen LogP contribution in [-0.4, -0.2) is 48.5 Å². The molecule has 1 aliphatic heterocycles. The van der Waals surface area contributed by atoms with Crippen molar-refractivity contribution in [1.29, 1.82) is 0 Å². The zero-order valence-corrected chi connectivity index (χ0v) is 11.5. The average molecular weight is 241 g/mol. The lowest BCUT2D eigenvalue weighted by molar-refractivity contribution is -0.0467. The fourth-order valence-corrected chi connectivity index (χ4v) is 3.30. The van der Waals surface area contributed by atoms with E-state index in [1.807, 2.05) is 0 Å². The second-order valence-electron chi connectivity index (χ2n) is 6.68. The van der Waals surface area contributed by atoms with E-state index in [0.29, 0.717) is 17.4 Å². The van der Waals surface area contributed by atoms with E-state index in [2.05, 4.69) is 25.7 Å². The highest BCUT2D eigenvalue weighted by molar-refractivity contribution is 4.87. The molecule has 2 aliphatic rings. The number of hydrogen-bond donors (Lipinski definition) is 1. The van der Waals surface area contributed by atoms with Crippen molar-refractivity contribution >= 4 is 0 Å². The Morgan fingerprint density at radius 2 is 2.18 bits per heavy atom. The van der Waals surface area contributed by atoms with Crippen LogP contribution in [0.2, 0.25) is 0 Å². The van der Waals surface area contributed by atoms with Crippen molar-refractivity contribution in [2.75, 3.05) is 26.2 Å². The number of aliphatic hydroxyl groups excluding tert-OH is 1. The maximum atomic E-state index is 10.1. The second-order valence-corrected chi connectivity index (χ2v) is 6.68. The Balaban J connectivity index is 1.88. The maximum Gasteiger partial charge on any atom is 0.0674 e. The van der Waals surface area contributed by atoms with Crippen molar-refractivity contribution in [3.63, 3.8) is 0 Å². The number of ether oxygens (including phenoxy) is 1. The Hall–Kier alpha value is -0.120. The molecule has 3 atom stereocenters. The quantitative estimate of drug-likeness (QED) is 0.801. The van der Waals surface area contributed by atoms with Gasteiger partial charge in [-0.25, -0.2) is 0 Å². The van der Waals surface area contributed by atoms with Crippen LogP contribution in [0, 0.1) is 11.3 Å². The molecule has 0 amide bonds. The Morgan fingerprint density at radius 1 is 1.41 bits per heavy atom. The molecule has 3 unspecified atom stereocenters. The van der Waals surface area contributed by atoms with Crippen LogP contribution in [0.15, 0.2) is 0 Å². The van der Waals surface area contributed by atoms with Crippen LogP contribution >= 0.6 is 0 Å². The summed E-state index contributed by atoms with van der Waals surface area (Å²) in [5.41, 5.74) is 0.405. The first-order valence-corrected chi connectivity index (χ1v) is 6.98. The van der Waals surface area contributed by atoms with Gasteiger partial charge in [0.15, 0.2) is 0 Å². The molecule has 1 saturated carbocycles. The maximum absolute atomic E-state index is 10.1. The minimum absolute atomic E-state index is 0.0961. The van der Waals surface area contributed by atoms with E-state index in [-0.39, 0.29) is 6.10 Å². The molecule has 3 heteroatoms. The highest BCUT2D eigenvalue weighted by Crippen LogP contribution is 2.39. The van der Waals surface area contributed by atoms with Gasteiger partial charge < -0.3 is 9.84 Å². The van der Waals surface area contributed by atoms with Crippen molar-refractivity contribution in [2.24, 2.45) is 11.3 Å². The predicted molar refractivity (Wildman–Crippen MR) is 69.0 cm³/mol. The Kier molecular flexibility index (Phi) is 4.11. The fraction of sp³-hybridized carbons (Fsp3) is 1.00. The van der Waals surface area contributed by atoms with Crippen LogP contribution in [0.1, 0.15) is 40.0 Å². The smallest absolute Gasteiger partial charge is 0.0674 e. The van der Waals surface area contributed by atoms with Gasteiger partial charge >= 0.3 is 0 Å². The molecule has 0 spiro atoms. The van der Waals surface area contributed by atoms with Crippen LogP contribution < -0.4 is 0 Å². The lowest BCUT2D eigenvalue weighted by Gasteiger charge is -2.42. The molecule has 100 valence electrons. The molecule has 0 aromatic carbocycles. The SMILES string of the molecule is CC1CN(CC2CC(C)(C)CCC2O)CCO1. The third-order valence-electron chi connectivity index (χ3n) is 4.29. The first-order valence-electron chi connectivity index (χ1n) is 6.98. The minimum atomic E-state index is -0.0961. The summed E-state index contributed by atoms with van der Waals surface area (Å²) in [7, 11) is 0. The van der Waals surface area contributed by atoms with E-state index in [1.54, 1.807) is 0 Å². The van der Waals surface area contributed by atoms with Crippen molar-refractivity contribution < 1.29 is 9.84 Å². The highest BCUT2D eigenvalue weighted by atomic mass is 16.5. The molecule has 2 fully saturated rings. The number of aliphatic hydroxyl groups is 1. The van der Waals surface area contributed by atoms with Gasteiger partial charge in [0.2, 0.25) is 0 Å². The van der Waals surface area contributed by atoms with Crippen LogP contribution in [0.5, 0.6) is 0 Å². The summed E-state index contributed by atoms with van der Waals surface area (Å²) in [5.74, 6) is 0.448. The summed E-state index contributed by atoms with van der Waals surface area (Å²) in [6.45, 7) is 10.7. The Morgan fingerprint density at radius 3 is 2.88 bits per heavy atom. The van der Waals surface area contributed by atoms with Gasteiger partial charge in [0, 0.05) is 19.6 Å². The van der Waals surface area contributed by atoms with Crippen LogP contribution in [-0.2, 0) is 4.74 Å². The third kappa shape index (κ3) is 3.67. The molecule has 1 saturated heterocycles. The third-order valence-corrected chi connectivity index (χ3v) is 4.29. The fourth-order valence-electron chi connectivity index (χ4n) is 3.30. The minimum Gasteiger partial charge on any atom is -0.393 e. The van der Waals surface area contributed by atoms with Gasteiger partial charge in [-0.05, 0) is 37.5 Å². The summed E-state index contributed by atoms with van der Waals surface area (Å²) < 4.78 is 5.56. The topological polar surface area (TPSA) is 32.7 Å². The van der Waals surface area contributed by atoms with Crippen LogP contribution in [0.3, 0.4) is 0 Å². The van der Waals surface area contributed by atoms with Gasteiger partial charge in [-0.15, -0.1) is 0 Å². The van der Waals surface area contributed by atoms with Gasteiger partial charge in [-0.1, -0.05) is 13.8 Å². The molecule has 0 radical (unpaired) electrons. The Bertz CT molecular complexity index is 255. The summed E-state index contributed by atoms with van der Waals surface area (Å²) in [4.78, 5) is 2.46. The van der Waals surface area contributed by atoms with Crippen molar-refractivity contribution in [2.45, 2.75) is 52.2 Å². The van der Waals surface area contributed by atoms with Gasteiger partial charge in [-0.3, -0.25) is 4.90 Å². The molecular formula is C14H27NO2. The lowest BCUT2D eigenvalue weighted by Crippen LogP contribution is -2.47. The van der Waals surface area contributed by atoms with E-state index in [1.165, 1.54) is 0 Å². The monoisotopic (exact) mass is 241 g/mol. The summed E-state index contributed by atoms with van der Waals surface area (Å²) in [5, 5.41) is 10.1. The van der Waals surface area contributed by atoms with Gasteiger partial charge in [0.25, 0.3) is 0 Å². The largest absolute Gasteiger partial charge is 0.393 e. The van der Waals surface area contributed by atoms with Crippen molar-refractivity contribution in [3.8, 4) is 0 Å². The van der Waals surface area contributed by atoms with E-state index >= 15 is 0 Å². The molecule has 0 aromatic rings. The molecule has 1 heterocycles. The summed E-state index contributed by atoms with van der Waals surface area (Å²) >= 11 is 0. The molecule has 1 aliphatic carbocycles. The summed E-state index contributed by atoms with van der Waals surface area (Å²) in [6.07, 6.45) is 3.53. The number of nitrogens with zero attached hydrogens (tertiary/aromatic N) is 1. The van der Waals surface area contributed by atoms with E-state index in [0.717, 1.165) is 45.5 Å². The zero-order chi connectivity index (χ0) is 12.5. The van der Waals surface area contributed by atoms with Gasteiger partial charge in [0.05, 0.1) is 18.8 Å². The molecular weight excluding hydrogens is 214 g/mol. The molecule has 3 nitrogen and oxygen atoms in total. The van der Waals surface area contributed by atoms with Crippen molar-refractivity contribution in [3.05, 3.63) is 0 Å². The highest BCUT2D eigenvalue weighted by Gasteiger charge is 2.35. The van der Waals surface area contributed by atoms with Crippen LogP contribution in [0.4, 0.5) is 0 Å². The molecule has 1 N–H and O–H groups in total. The average Bonchev–Trinajstić information content (AvgIpc) is 2.23. The molecule has 2 rings (SSSR count). The molecule has 0 bridgehead atoms. The van der Waals surface area contributed by atoms with E-state index in [9.17, 15) is 5.11 Å². The number of morpholine rings is 1. The lowest BCUT2D eigenvalue weighted by atomic mass is 9.70. The molecule has 0 aromatic heterocycles. The van der Waals surface area contributed by atoms with Crippen LogP contribution in [0.25, 0.3) is 0 Å². The second kappa shape index (κ2) is 5.25. The summed E-state index contributed by atoms with van der Waals surface area (Å²) in [6, 6.07) is 0. The van der Waals surface area contributed by atoms with E-state index < -0.39 is 0 Å². The first kappa shape index (κ1) is 13.3. The molecule has 17 heavy (non-hydrogen) atoms. The first-order chi connectivity index (χ1) is 7.96. The predicted octanol–water partition coefficient (Wildman–Crippen LogP) is 1.89. The zero-order valence-electron chi connectivity index (χ0n) is 11.5. The Labute approximate surface area is 105 Å². The van der Waals surface area contributed by atoms with E-state index in [4.69, 9.17) is 4.74 Å². The number of hydrogen-bond acceptors (Lipinski definition) is 3.